The Morgan fingerprint density at radius 1 is 1.25 bits per heavy atom. The maximum atomic E-state index is 12.3. The van der Waals surface area contributed by atoms with Crippen molar-refractivity contribution < 1.29 is 8.78 Å². The Kier molecular flexibility index (Phi) is 6.09. The average molecular weight is 306 g/mol. The van der Waals surface area contributed by atoms with Gasteiger partial charge in [0.25, 0.3) is 0 Å². The lowest BCUT2D eigenvalue weighted by Crippen LogP contribution is -2.17. The Labute approximate surface area is 122 Å². The molecule has 0 aliphatic rings. The van der Waals surface area contributed by atoms with Crippen LogP contribution in [0.5, 0.6) is 0 Å². The van der Waals surface area contributed by atoms with E-state index >= 15 is 0 Å². The van der Waals surface area contributed by atoms with Crippen LogP contribution in [0.15, 0.2) is 24.5 Å². The van der Waals surface area contributed by atoms with E-state index < -0.39 is 6.55 Å². The number of nitrogens with zero attached hydrogens (tertiary/aromatic N) is 4. The van der Waals surface area contributed by atoms with Crippen LogP contribution < -0.4 is 5.32 Å². The summed E-state index contributed by atoms with van der Waals surface area (Å²) < 4.78 is 27.2. The van der Waals surface area contributed by atoms with Gasteiger partial charge in [0, 0.05) is 31.5 Å². The second-order valence-corrected chi connectivity index (χ2v) is 4.53. The lowest BCUT2D eigenvalue weighted by molar-refractivity contribution is 0.0561. The maximum absolute atomic E-state index is 12.3. The molecule has 0 aliphatic carbocycles. The van der Waals surface area contributed by atoms with E-state index in [0.717, 1.165) is 5.69 Å². The topological polar surface area (TPSA) is 47.7 Å². The van der Waals surface area contributed by atoms with Gasteiger partial charge in [0.15, 0.2) is 0 Å². The van der Waals surface area contributed by atoms with Crippen molar-refractivity contribution in [1.29, 1.82) is 0 Å². The van der Waals surface area contributed by atoms with Gasteiger partial charge in [-0.05, 0) is 26.0 Å². The summed E-state index contributed by atoms with van der Waals surface area (Å²) in [5, 5.41) is 11.2. The molecule has 2 rings (SSSR count). The number of hydrogen-bond acceptors (Lipinski definition) is 3. The van der Waals surface area contributed by atoms with Crippen LogP contribution >= 0.6 is 12.4 Å². The van der Waals surface area contributed by atoms with Gasteiger partial charge >= 0.3 is 6.55 Å². The molecule has 0 fully saturated rings. The van der Waals surface area contributed by atoms with Crippen molar-refractivity contribution in [2.24, 2.45) is 0 Å². The summed E-state index contributed by atoms with van der Waals surface area (Å²) in [4.78, 5) is 0. The fraction of sp³-hybridized carbons (Fsp3) is 0.500. The summed E-state index contributed by atoms with van der Waals surface area (Å²) in [6.07, 6.45) is 3.03. The number of nitrogens with one attached hydrogen (secondary N) is 1. The molecule has 1 N–H and O–H groups in total. The van der Waals surface area contributed by atoms with Crippen molar-refractivity contribution >= 4 is 12.4 Å². The first-order valence-electron chi connectivity index (χ1n) is 6.13. The third-order valence-corrected chi connectivity index (χ3v) is 2.72. The molecular formula is C12H18ClF2N5. The van der Waals surface area contributed by atoms with E-state index in [0.29, 0.717) is 29.5 Å². The Balaban J connectivity index is 0.00000200. The van der Waals surface area contributed by atoms with E-state index in [2.05, 4.69) is 29.4 Å². The smallest absolute Gasteiger partial charge is 0.305 e. The minimum absolute atomic E-state index is 0. The molecule has 0 aliphatic heterocycles. The standard InChI is InChI=1S/C12H17F2N5.ClH/c1-9(2)19-11(3-5-16-19)8-15-7-10-4-6-18(17-10)12(13)14;/h3-6,9,12,15H,7-8H2,1-2H3;1H. The van der Waals surface area contributed by atoms with Crippen LogP contribution in [0.3, 0.4) is 0 Å². The fourth-order valence-corrected chi connectivity index (χ4v) is 1.85. The molecular weight excluding hydrogens is 288 g/mol. The van der Waals surface area contributed by atoms with E-state index in [9.17, 15) is 8.78 Å². The molecule has 0 atom stereocenters. The van der Waals surface area contributed by atoms with Crippen molar-refractivity contribution in [3.05, 3.63) is 35.9 Å². The number of alkyl halides is 2. The molecule has 2 aromatic rings. The van der Waals surface area contributed by atoms with Gasteiger partial charge in [-0.15, -0.1) is 12.4 Å². The third kappa shape index (κ3) is 4.01. The largest absolute Gasteiger partial charge is 0.333 e. The van der Waals surface area contributed by atoms with E-state index in [-0.39, 0.29) is 12.4 Å². The summed E-state index contributed by atoms with van der Waals surface area (Å²) in [6, 6.07) is 3.81. The maximum Gasteiger partial charge on any atom is 0.333 e. The van der Waals surface area contributed by atoms with Gasteiger partial charge in [-0.3, -0.25) is 4.68 Å². The zero-order valence-corrected chi connectivity index (χ0v) is 12.1. The van der Waals surface area contributed by atoms with Crippen LogP contribution in [0.1, 0.15) is 37.8 Å². The van der Waals surface area contributed by atoms with Crippen LogP contribution in [-0.2, 0) is 13.1 Å². The Morgan fingerprint density at radius 3 is 2.60 bits per heavy atom. The Bertz CT molecular complexity index is 523. The molecule has 0 saturated carbocycles. The lowest BCUT2D eigenvalue weighted by Gasteiger charge is -2.11. The minimum Gasteiger partial charge on any atom is -0.305 e. The molecule has 0 bridgehead atoms. The molecule has 0 amide bonds. The van der Waals surface area contributed by atoms with E-state index in [1.165, 1.54) is 6.20 Å². The van der Waals surface area contributed by atoms with Crippen LogP contribution in [0.25, 0.3) is 0 Å². The van der Waals surface area contributed by atoms with Crippen molar-refractivity contribution in [2.75, 3.05) is 0 Å². The molecule has 112 valence electrons. The highest BCUT2D eigenvalue weighted by molar-refractivity contribution is 5.85. The molecule has 20 heavy (non-hydrogen) atoms. The number of hydrogen-bond donors (Lipinski definition) is 1. The van der Waals surface area contributed by atoms with Crippen LogP contribution in [0.2, 0.25) is 0 Å². The second-order valence-electron chi connectivity index (χ2n) is 4.53. The van der Waals surface area contributed by atoms with Crippen molar-refractivity contribution in [3.8, 4) is 0 Å². The van der Waals surface area contributed by atoms with Gasteiger partial charge in [-0.25, -0.2) is 4.68 Å². The normalized spacial score (nSPS) is 11.1. The summed E-state index contributed by atoms with van der Waals surface area (Å²) >= 11 is 0. The van der Waals surface area contributed by atoms with Crippen molar-refractivity contribution in [2.45, 2.75) is 39.5 Å². The second kappa shape index (κ2) is 7.35. The van der Waals surface area contributed by atoms with Gasteiger partial charge in [0.1, 0.15) is 0 Å². The number of halogens is 3. The fourth-order valence-electron chi connectivity index (χ4n) is 1.85. The third-order valence-electron chi connectivity index (χ3n) is 2.72. The van der Waals surface area contributed by atoms with Gasteiger partial charge in [0.05, 0.1) is 11.4 Å². The molecule has 5 nitrogen and oxygen atoms in total. The van der Waals surface area contributed by atoms with Crippen LogP contribution in [-0.4, -0.2) is 19.6 Å². The highest BCUT2D eigenvalue weighted by Gasteiger charge is 2.08. The minimum atomic E-state index is -2.59. The summed E-state index contributed by atoms with van der Waals surface area (Å²) in [6.45, 7) is 2.60. The Morgan fingerprint density at radius 2 is 2.00 bits per heavy atom. The SMILES string of the molecule is CC(C)n1nccc1CNCc1ccn(C(F)F)n1.Cl. The number of aromatic nitrogens is 4. The predicted molar refractivity (Wildman–Crippen MR) is 73.9 cm³/mol. The number of rotatable bonds is 6. The van der Waals surface area contributed by atoms with Crippen LogP contribution in [0.4, 0.5) is 8.78 Å². The van der Waals surface area contributed by atoms with Gasteiger partial charge in [-0.2, -0.15) is 19.0 Å². The molecule has 0 radical (unpaired) electrons. The molecule has 0 aromatic carbocycles. The zero-order valence-electron chi connectivity index (χ0n) is 11.3. The van der Waals surface area contributed by atoms with Crippen molar-refractivity contribution in [3.63, 3.8) is 0 Å². The quantitative estimate of drug-likeness (QED) is 0.892. The monoisotopic (exact) mass is 305 g/mol. The highest BCUT2D eigenvalue weighted by atomic mass is 35.5. The van der Waals surface area contributed by atoms with Gasteiger partial charge in [-0.1, -0.05) is 0 Å². The summed E-state index contributed by atoms with van der Waals surface area (Å²) in [5.74, 6) is 0. The van der Waals surface area contributed by atoms with E-state index in [1.807, 2.05) is 10.7 Å². The molecule has 2 aromatic heterocycles. The Hall–Kier alpha value is -1.47. The average Bonchev–Trinajstić information content (AvgIpc) is 2.97. The van der Waals surface area contributed by atoms with Gasteiger partial charge < -0.3 is 5.32 Å². The molecule has 8 heteroatoms. The van der Waals surface area contributed by atoms with Crippen molar-refractivity contribution in [1.82, 2.24) is 24.9 Å². The van der Waals surface area contributed by atoms with Gasteiger partial charge in [0.2, 0.25) is 0 Å². The lowest BCUT2D eigenvalue weighted by atomic mass is 10.3. The van der Waals surface area contributed by atoms with E-state index in [4.69, 9.17) is 0 Å². The first-order valence-corrected chi connectivity index (χ1v) is 6.13. The van der Waals surface area contributed by atoms with Crippen LogP contribution in [0, 0.1) is 0 Å². The zero-order chi connectivity index (χ0) is 13.8. The first kappa shape index (κ1) is 16.6. The molecule has 0 unspecified atom stereocenters. The van der Waals surface area contributed by atoms with E-state index in [1.54, 1.807) is 12.3 Å². The summed E-state index contributed by atoms with van der Waals surface area (Å²) in [5.41, 5.74) is 1.65. The molecule has 2 heterocycles. The first-order chi connectivity index (χ1) is 9.08. The molecule has 0 saturated heterocycles. The highest BCUT2D eigenvalue weighted by Crippen LogP contribution is 2.10. The predicted octanol–water partition coefficient (Wildman–Crippen LogP) is 2.77. The summed E-state index contributed by atoms with van der Waals surface area (Å²) in [7, 11) is 0. The molecule has 0 spiro atoms.